The summed E-state index contributed by atoms with van der Waals surface area (Å²) < 4.78 is 7.33. The minimum Gasteiger partial charge on any atom is -0.450 e. The van der Waals surface area contributed by atoms with Gasteiger partial charge in [-0.3, -0.25) is 4.79 Å². The van der Waals surface area contributed by atoms with Gasteiger partial charge in [0.05, 0.1) is 4.47 Å². The highest BCUT2D eigenvalue weighted by molar-refractivity contribution is 9.11. The molecule has 1 amide bonds. The van der Waals surface area contributed by atoms with Crippen molar-refractivity contribution in [1.29, 1.82) is 0 Å². The SMILES string of the molecule is CNC(C)CNC(=O)c1cc2cc(Br)cc(Br)c2o1. The van der Waals surface area contributed by atoms with Gasteiger partial charge in [-0.2, -0.15) is 0 Å². The summed E-state index contributed by atoms with van der Waals surface area (Å²) in [5, 5.41) is 6.76. The normalized spacial score (nSPS) is 12.6. The van der Waals surface area contributed by atoms with E-state index in [1.54, 1.807) is 6.07 Å². The van der Waals surface area contributed by atoms with E-state index >= 15 is 0 Å². The highest BCUT2D eigenvalue weighted by Crippen LogP contribution is 2.30. The minimum absolute atomic E-state index is 0.207. The molecule has 0 saturated heterocycles. The fourth-order valence-corrected chi connectivity index (χ4v) is 2.96. The second-order valence-electron chi connectivity index (χ2n) is 4.32. The summed E-state index contributed by atoms with van der Waals surface area (Å²) in [6, 6.07) is 5.76. The number of benzene rings is 1. The Kier molecular flexibility index (Phi) is 4.65. The van der Waals surface area contributed by atoms with Crippen LogP contribution in [-0.4, -0.2) is 25.5 Å². The van der Waals surface area contributed by atoms with E-state index in [0.717, 1.165) is 14.3 Å². The Labute approximate surface area is 128 Å². The van der Waals surface area contributed by atoms with Gasteiger partial charge in [-0.25, -0.2) is 0 Å². The fraction of sp³-hybridized carbons (Fsp3) is 0.308. The maximum atomic E-state index is 12.0. The molecule has 2 aromatic rings. The average molecular weight is 390 g/mol. The van der Waals surface area contributed by atoms with E-state index in [2.05, 4.69) is 42.5 Å². The Morgan fingerprint density at radius 2 is 2.11 bits per heavy atom. The van der Waals surface area contributed by atoms with Gasteiger partial charge in [0, 0.05) is 22.4 Å². The lowest BCUT2D eigenvalue weighted by Crippen LogP contribution is -2.36. The Hall–Kier alpha value is -0.850. The monoisotopic (exact) mass is 388 g/mol. The van der Waals surface area contributed by atoms with Crippen molar-refractivity contribution in [2.45, 2.75) is 13.0 Å². The average Bonchev–Trinajstić information content (AvgIpc) is 2.79. The molecule has 1 unspecified atom stereocenters. The molecule has 0 saturated carbocycles. The largest absolute Gasteiger partial charge is 0.450 e. The first-order valence-corrected chi connectivity index (χ1v) is 7.44. The first-order chi connectivity index (χ1) is 9.01. The summed E-state index contributed by atoms with van der Waals surface area (Å²) in [6.45, 7) is 2.55. The molecule has 6 heteroatoms. The second-order valence-corrected chi connectivity index (χ2v) is 6.09. The zero-order valence-corrected chi connectivity index (χ0v) is 13.8. The smallest absolute Gasteiger partial charge is 0.287 e. The molecule has 4 nitrogen and oxygen atoms in total. The number of hydrogen-bond donors (Lipinski definition) is 2. The van der Waals surface area contributed by atoms with E-state index < -0.39 is 0 Å². The molecule has 1 aromatic heterocycles. The van der Waals surface area contributed by atoms with Crippen molar-refractivity contribution >= 4 is 48.7 Å². The van der Waals surface area contributed by atoms with Crippen LogP contribution in [0.5, 0.6) is 0 Å². The Morgan fingerprint density at radius 3 is 2.79 bits per heavy atom. The van der Waals surface area contributed by atoms with Crippen molar-refractivity contribution < 1.29 is 9.21 Å². The number of carbonyl (C=O) groups is 1. The van der Waals surface area contributed by atoms with Gasteiger partial charge in [0.2, 0.25) is 0 Å². The molecule has 0 aliphatic rings. The number of carbonyl (C=O) groups excluding carboxylic acids is 1. The Balaban J connectivity index is 2.21. The molecule has 1 heterocycles. The summed E-state index contributed by atoms with van der Waals surface area (Å²) in [6.07, 6.45) is 0. The van der Waals surface area contributed by atoms with Crippen LogP contribution in [0.1, 0.15) is 17.5 Å². The predicted molar refractivity (Wildman–Crippen MR) is 82.5 cm³/mol. The standard InChI is InChI=1S/C13H14Br2N2O2/c1-7(16-2)6-17-13(18)11-4-8-3-9(14)5-10(15)12(8)19-11/h3-5,7,16H,6H2,1-2H3,(H,17,18). The van der Waals surface area contributed by atoms with E-state index in [1.165, 1.54) is 0 Å². The van der Waals surface area contributed by atoms with Crippen molar-refractivity contribution in [2.75, 3.05) is 13.6 Å². The van der Waals surface area contributed by atoms with Crippen LogP contribution in [0, 0.1) is 0 Å². The molecule has 0 bridgehead atoms. The summed E-state index contributed by atoms with van der Waals surface area (Å²) in [5.41, 5.74) is 0.676. The molecule has 2 N–H and O–H groups in total. The quantitative estimate of drug-likeness (QED) is 0.843. The van der Waals surface area contributed by atoms with Gasteiger partial charge in [-0.1, -0.05) is 15.9 Å². The lowest BCUT2D eigenvalue weighted by Gasteiger charge is -2.09. The first-order valence-electron chi connectivity index (χ1n) is 5.85. The van der Waals surface area contributed by atoms with Crippen LogP contribution >= 0.6 is 31.9 Å². The number of hydrogen-bond acceptors (Lipinski definition) is 3. The predicted octanol–water partition coefficient (Wildman–Crippen LogP) is 3.30. The maximum absolute atomic E-state index is 12.0. The van der Waals surface area contributed by atoms with Crippen molar-refractivity contribution in [1.82, 2.24) is 10.6 Å². The van der Waals surface area contributed by atoms with Gasteiger partial charge >= 0.3 is 0 Å². The van der Waals surface area contributed by atoms with E-state index in [4.69, 9.17) is 4.42 Å². The molecule has 0 aliphatic heterocycles. The number of nitrogens with one attached hydrogen (secondary N) is 2. The molecule has 1 atom stereocenters. The number of likely N-dealkylation sites (N-methyl/N-ethyl adjacent to an activating group) is 1. The molecular formula is C13H14Br2N2O2. The van der Waals surface area contributed by atoms with Gasteiger partial charge in [0.1, 0.15) is 5.58 Å². The molecule has 0 fully saturated rings. The van der Waals surface area contributed by atoms with E-state index in [1.807, 2.05) is 26.1 Å². The van der Waals surface area contributed by atoms with Gasteiger partial charge in [0.15, 0.2) is 5.76 Å². The lowest BCUT2D eigenvalue weighted by atomic mass is 10.2. The van der Waals surface area contributed by atoms with Crippen LogP contribution < -0.4 is 10.6 Å². The zero-order chi connectivity index (χ0) is 14.0. The van der Waals surface area contributed by atoms with Gasteiger partial charge in [0.25, 0.3) is 5.91 Å². The number of halogens is 2. The zero-order valence-electron chi connectivity index (χ0n) is 10.6. The molecule has 1 aromatic carbocycles. The highest BCUT2D eigenvalue weighted by Gasteiger charge is 2.14. The van der Waals surface area contributed by atoms with E-state index in [0.29, 0.717) is 17.9 Å². The number of furan rings is 1. The molecule has 2 rings (SSSR count). The lowest BCUT2D eigenvalue weighted by molar-refractivity contribution is 0.0925. The van der Waals surface area contributed by atoms with E-state index in [-0.39, 0.29) is 11.9 Å². The van der Waals surface area contributed by atoms with Crippen LogP contribution in [0.15, 0.2) is 31.6 Å². The van der Waals surface area contributed by atoms with Gasteiger partial charge in [-0.05, 0) is 48.1 Å². The minimum atomic E-state index is -0.207. The molecule has 102 valence electrons. The highest BCUT2D eigenvalue weighted by atomic mass is 79.9. The van der Waals surface area contributed by atoms with Crippen LogP contribution in [-0.2, 0) is 0 Å². The molecule has 0 aliphatic carbocycles. The molecule has 0 spiro atoms. The molecule has 0 radical (unpaired) electrons. The van der Waals surface area contributed by atoms with Crippen LogP contribution in [0.2, 0.25) is 0 Å². The van der Waals surface area contributed by atoms with Crippen LogP contribution in [0.4, 0.5) is 0 Å². The number of amides is 1. The summed E-state index contributed by atoms with van der Waals surface area (Å²) in [7, 11) is 1.85. The van der Waals surface area contributed by atoms with Crippen LogP contribution in [0.3, 0.4) is 0 Å². The van der Waals surface area contributed by atoms with Crippen molar-refractivity contribution in [2.24, 2.45) is 0 Å². The number of rotatable bonds is 4. The fourth-order valence-electron chi connectivity index (χ4n) is 1.62. The topological polar surface area (TPSA) is 54.3 Å². The summed E-state index contributed by atoms with van der Waals surface area (Å²) >= 11 is 6.83. The Bertz CT molecular complexity index is 610. The third-order valence-electron chi connectivity index (χ3n) is 2.82. The van der Waals surface area contributed by atoms with Gasteiger partial charge < -0.3 is 15.1 Å². The van der Waals surface area contributed by atoms with Crippen molar-refractivity contribution in [3.63, 3.8) is 0 Å². The Morgan fingerprint density at radius 1 is 1.37 bits per heavy atom. The summed E-state index contributed by atoms with van der Waals surface area (Å²) in [5.74, 6) is 0.110. The first kappa shape index (κ1) is 14.6. The summed E-state index contributed by atoms with van der Waals surface area (Å²) in [4.78, 5) is 12.0. The third kappa shape index (κ3) is 3.38. The number of fused-ring (bicyclic) bond motifs is 1. The second kappa shape index (κ2) is 6.07. The van der Waals surface area contributed by atoms with Crippen molar-refractivity contribution in [3.05, 3.63) is 32.9 Å². The molecule has 19 heavy (non-hydrogen) atoms. The third-order valence-corrected chi connectivity index (χ3v) is 3.87. The maximum Gasteiger partial charge on any atom is 0.287 e. The molecular weight excluding hydrogens is 376 g/mol. The van der Waals surface area contributed by atoms with Crippen LogP contribution in [0.25, 0.3) is 11.0 Å². The van der Waals surface area contributed by atoms with Gasteiger partial charge in [-0.15, -0.1) is 0 Å². The van der Waals surface area contributed by atoms with Crippen molar-refractivity contribution in [3.8, 4) is 0 Å². The van der Waals surface area contributed by atoms with E-state index in [9.17, 15) is 4.79 Å².